The highest BCUT2D eigenvalue weighted by Crippen LogP contribution is 2.30. The third kappa shape index (κ3) is 7.58. The molecule has 220 valence electrons. The van der Waals surface area contributed by atoms with Gasteiger partial charge in [0.05, 0.1) is 39.1 Å². The smallest absolute Gasteiger partial charge is 0.161 e. The Morgan fingerprint density at radius 2 is 1.61 bits per heavy atom. The van der Waals surface area contributed by atoms with Gasteiger partial charge in [0.1, 0.15) is 6.61 Å². The topological polar surface area (TPSA) is 68.6 Å². The molecule has 5 rings (SSSR count). The average Bonchev–Trinajstić information content (AvgIpc) is 3.31. The van der Waals surface area contributed by atoms with E-state index in [1.807, 2.05) is 13.0 Å². The van der Waals surface area contributed by atoms with Crippen molar-refractivity contribution in [1.29, 1.82) is 0 Å². The lowest BCUT2D eigenvalue weighted by atomic mass is 10.1. The van der Waals surface area contributed by atoms with Crippen LogP contribution in [0.1, 0.15) is 12.5 Å². The molecule has 1 saturated heterocycles. The van der Waals surface area contributed by atoms with E-state index in [1.165, 1.54) is 10.8 Å². The number of morpholine rings is 1. The zero-order chi connectivity index (χ0) is 28.4. The maximum Gasteiger partial charge on any atom is 0.161 e. The van der Waals surface area contributed by atoms with E-state index in [2.05, 4.69) is 75.0 Å². The van der Waals surface area contributed by atoms with Crippen LogP contribution in [0.5, 0.6) is 11.5 Å². The summed E-state index contributed by atoms with van der Waals surface area (Å²) >= 11 is 0. The highest BCUT2D eigenvalue weighted by atomic mass is 16.5. The lowest BCUT2D eigenvalue weighted by Crippen LogP contribution is -2.38. The first-order valence-corrected chi connectivity index (χ1v) is 14.7. The van der Waals surface area contributed by atoms with E-state index in [-0.39, 0.29) is 0 Å². The number of ether oxygens (including phenoxy) is 4. The fourth-order valence-corrected chi connectivity index (χ4v) is 5.63. The summed E-state index contributed by atoms with van der Waals surface area (Å²) in [6, 6.07) is 23.0. The monoisotopic (exact) mass is 561 g/mol. The quantitative estimate of drug-likeness (QED) is 0.231. The standard InChI is InChI=1S/C33H43N3O5/c1-3-40-33-22-26(12-13-32(33)41-21-17-34-15-19-39-20-16-34)23-35(14-18-38-2)24-27(37)25-36-30-10-6-4-8-28(30)29-9-5-7-11-31(29)36/h4-13,22,27,37H,3,14-21,23-25H2,1-2H3/t27-/m0/s1. The average molecular weight is 562 g/mol. The summed E-state index contributed by atoms with van der Waals surface area (Å²) in [5.74, 6) is 1.52. The fourth-order valence-electron chi connectivity index (χ4n) is 5.63. The van der Waals surface area contributed by atoms with Crippen molar-refractivity contribution in [3.63, 3.8) is 0 Å². The molecule has 1 N–H and O–H groups in total. The van der Waals surface area contributed by atoms with Crippen LogP contribution in [0.25, 0.3) is 21.8 Å². The van der Waals surface area contributed by atoms with Crippen LogP contribution in [0.15, 0.2) is 66.7 Å². The molecule has 8 heteroatoms. The number of aromatic nitrogens is 1. The van der Waals surface area contributed by atoms with Gasteiger partial charge in [0.25, 0.3) is 0 Å². The van der Waals surface area contributed by atoms with Crippen LogP contribution in [-0.4, -0.2) is 98.4 Å². The third-order valence-electron chi connectivity index (χ3n) is 7.64. The van der Waals surface area contributed by atoms with Gasteiger partial charge in [-0.3, -0.25) is 9.80 Å². The molecule has 0 bridgehead atoms. The third-order valence-corrected chi connectivity index (χ3v) is 7.64. The molecule has 0 spiro atoms. The second-order valence-electron chi connectivity index (χ2n) is 10.5. The van der Waals surface area contributed by atoms with Gasteiger partial charge in [-0.25, -0.2) is 0 Å². The van der Waals surface area contributed by atoms with Crippen LogP contribution in [0.2, 0.25) is 0 Å². The Morgan fingerprint density at radius 1 is 0.902 bits per heavy atom. The summed E-state index contributed by atoms with van der Waals surface area (Å²) in [4.78, 5) is 4.60. The Morgan fingerprint density at radius 3 is 2.29 bits per heavy atom. The maximum atomic E-state index is 11.3. The number of hydrogen-bond donors (Lipinski definition) is 1. The number of aliphatic hydroxyl groups excluding tert-OH is 1. The molecule has 1 aromatic heterocycles. The molecule has 0 amide bonds. The van der Waals surface area contributed by atoms with E-state index in [0.717, 1.165) is 60.9 Å². The van der Waals surface area contributed by atoms with Gasteiger partial charge < -0.3 is 28.6 Å². The molecule has 41 heavy (non-hydrogen) atoms. The van der Waals surface area contributed by atoms with Crippen molar-refractivity contribution >= 4 is 21.8 Å². The summed E-state index contributed by atoms with van der Waals surface area (Å²) in [6.45, 7) is 10.5. The molecule has 1 atom stereocenters. The molecular formula is C33H43N3O5. The largest absolute Gasteiger partial charge is 0.490 e. The summed E-state index contributed by atoms with van der Waals surface area (Å²) in [5.41, 5.74) is 3.39. The molecule has 4 aromatic rings. The summed E-state index contributed by atoms with van der Waals surface area (Å²) in [6.07, 6.45) is -0.555. The number of para-hydroxylation sites is 2. The maximum absolute atomic E-state index is 11.3. The number of benzene rings is 3. The number of rotatable bonds is 15. The molecule has 0 unspecified atom stereocenters. The second kappa shape index (κ2) is 14.7. The number of hydrogen-bond acceptors (Lipinski definition) is 7. The predicted octanol–water partition coefficient (Wildman–Crippen LogP) is 4.41. The van der Waals surface area contributed by atoms with Crippen LogP contribution < -0.4 is 9.47 Å². The van der Waals surface area contributed by atoms with Gasteiger partial charge in [-0.2, -0.15) is 0 Å². The summed E-state index contributed by atoms with van der Waals surface area (Å²) in [5, 5.41) is 13.7. The van der Waals surface area contributed by atoms with Gasteiger partial charge in [-0.15, -0.1) is 0 Å². The van der Waals surface area contributed by atoms with E-state index >= 15 is 0 Å². The lowest BCUT2D eigenvalue weighted by molar-refractivity contribution is 0.0320. The van der Waals surface area contributed by atoms with Crippen molar-refractivity contribution in [1.82, 2.24) is 14.4 Å². The second-order valence-corrected chi connectivity index (χ2v) is 10.5. The highest BCUT2D eigenvalue weighted by molar-refractivity contribution is 6.07. The number of methoxy groups -OCH3 is 1. The highest BCUT2D eigenvalue weighted by Gasteiger charge is 2.18. The predicted molar refractivity (Wildman–Crippen MR) is 163 cm³/mol. The lowest BCUT2D eigenvalue weighted by Gasteiger charge is -2.27. The van der Waals surface area contributed by atoms with Crippen LogP contribution in [-0.2, 0) is 22.6 Å². The van der Waals surface area contributed by atoms with Crippen molar-refractivity contribution in [3.8, 4) is 11.5 Å². The minimum atomic E-state index is -0.555. The van der Waals surface area contributed by atoms with Crippen LogP contribution in [0.4, 0.5) is 0 Å². The molecule has 0 aliphatic carbocycles. The van der Waals surface area contributed by atoms with Crippen molar-refractivity contribution < 1.29 is 24.1 Å². The van der Waals surface area contributed by atoms with E-state index in [1.54, 1.807) is 7.11 Å². The minimum Gasteiger partial charge on any atom is -0.490 e. The van der Waals surface area contributed by atoms with Crippen LogP contribution in [0, 0.1) is 0 Å². The summed E-state index contributed by atoms with van der Waals surface area (Å²) in [7, 11) is 1.71. The van der Waals surface area contributed by atoms with Crippen LogP contribution in [0.3, 0.4) is 0 Å². The van der Waals surface area contributed by atoms with Crippen LogP contribution >= 0.6 is 0 Å². The van der Waals surface area contributed by atoms with Crippen molar-refractivity contribution in [3.05, 3.63) is 72.3 Å². The van der Waals surface area contributed by atoms with E-state index in [9.17, 15) is 5.11 Å². The Labute approximate surface area is 243 Å². The van der Waals surface area contributed by atoms with Gasteiger partial charge in [0.2, 0.25) is 0 Å². The van der Waals surface area contributed by atoms with Gasteiger partial charge in [-0.05, 0) is 36.8 Å². The van der Waals surface area contributed by atoms with E-state index < -0.39 is 6.10 Å². The van der Waals surface area contributed by atoms with Crippen molar-refractivity contribution in [2.24, 2.45) is 0 Å². The first-order valence-electron chi connectivity index (χ1n) is 14.7. The van der Waals surface area contributed by atoms with Crippen molar-refractivity contribution in [2.75, 3.05) is 72.9 Å². The number of aliphatic hydroxyl groups is 1. The zero-order valence-corrected chi connectivity index (χ0v) is 24.3. The molecule has 1 fully saturated rings. The number of fused-ring (bicyclic) bond motifs is 3. The number of nitrogens with zero attached hydrogens (tertiary/aromatic N) is 3. The molecule has 8 nitrogen and oxygen atoms in total. The first kappa shape index (κ1) is 29.4. The minimum absolute atomic E-state index is 0.512. The summed E-state index contributed by atoms with van der Waals surface area (Å²) < 4.78 is 25.2. The first-order chi connectivity index (χ1) is 20.2. The normalized spacial score (nSPS) is 15.1. The van der Waals surface area contributed by atoms with E-state index in [4.69, 9.17) is 18.9 Å². The molecule has 2 heterocycles. The molecule has 3 aromatic carbocycles. The zero-order valence-electron chi connectivity index (χ0n) is 24.3. The van der Waals surface area contributed by atoms with Gasteiger partial charge in [0, 0.05) is 68.2 Å². The van der Waals surface area contributed by atoms with Gasteiger partial charge >= 0.3 is 0 Å². The Balaban J connectivity index is 1.26. The fraction of sp³-hybridized carbons (Fsp3) is 0.455. The Hall–Kier alpha value is -3.14. The van der Waals surface area contributed by atoms with Gasteiger partial charge in [-0.1, -0.05) is 42.5 Å². The molecule has 1 aliphatic rings. The molecule has 0 radical (unpaired) electrons. The molecule has 1 aliphatic heterocycles. The Bertz CT molecular complexity index is 1330. The SMILES string of the molecule is CCOc1cc(CN(CCOC)C[C@H](O)Cn2c3ccccc3c3ccccc32)ccc1OCCN1CCOCC1. The Kier molecular flexibility index (Phi) is 10.5. The van der Waals surface area contributed by atoms with E-state index in [0.29, 0.717) is 46.0 Å². The van der Waals surface area contributed by atoms with Gasteiger partial charge in [0.15, 0.2) is 11.5 Å². The van der Waals surface area contributed by atoms with Crippen molar-refractivity contribution in [2.45, 2.75) is 26.1 Å². The molecular weight excluding hydrogens is 518 g/mol. The molecule has 0 saturated carbocycles.